The third-order valence-corrected chi connectivity index (χ3v) is 3.64. The van der Waals surface area contributed by atoms with Crippen molar-refractivity contribution < 1.29 is 15.3 Å². The van der Waals surface area contributed by atoms with Gasteiger partial charge in [0.1, 0.15) is 11.1 Å². The number of nitrogens with two attached hydrogens (primary N) is 1. The zero-order chi connectivity index (χ0) is 13.2. The molecule has 7 heteroatoms. The minimum absolute atomic E-state index is 0.408. The summed E-state index contributed by atoms with van der Waals surface area (Å²) in [6.45, 7) is -1.22. The second-order valence-electron chi connectivity index (χ2n) is 4.11. The Hall–Kier alpha value is -1.41. The number of hydrogen-bond donors (Lipinski definition) is 5. The van der Waals surface area contributed by atoms with Crippen molar-refractivity contribution in [1.29, 1.82) is 0 Å². The highest BCUT2D eigenvalue weighted by Crippen LogP contribution is 2.31. The summed E-state index contributed by atoms with van der Waals surface area (Å²) in [6.07, 6.45) is 0. The number of aliphatic hydroxyl groups is 3. The van der Waals surface area contributed by atoms with Gasteiger partial charge in [-0.3, -0.25) is 0 Å². The molecule has 0 fully saturated rings. The van der Waals surface area contributed by atoms with E-state index in [4.69, 9.17) is 5.73 Å². The molecule has 0 saturated heterocycles. The number of nitrogens with one attached hydrogen (secondary N) is 1. The number of aromatic nitrogens is 1. The number of aliphatic hydroxyl groups excluding tert-OH is 3. The van der Waals surface area contributed by atoms with Gasteiger partial charge < -0.3 is 26.4 Å². The van der Waals surface area contributed by atoms with Gasteiger partial charge in [0.05, 0.1) is 41.4 Å². The molecule has 1 heterocycles. The monoisotopic (exact) mass is 269 g/mol. The molecule has 0 spiro atoms. The lowest BCUT2D eigenvalue weighted by Crippen LogP contribution is -2.49. The molecule has 1 aromatic heterocycles. The third-order valence-electron chi connectivity index (χ3n) is 2.85. The predicted octanol–water partition coefficient (Wildman–Crippen LogP) is 0.00610. The van der Waals surface area contributed by atoms with Crippen LogP contribution in [0.25, 0.3) is 10.2 Å². The first-order valence-electron chi connectivity index (χ1n) is 5.38. The average molecular weight is 269 g/mol. The highest BCUT2D eigenvalue weighted by Gasteiger charge is 2.28. The molecule has 18 heavy (non-hydrogen) atoms. The van der Waals surface area contributed by atoms with Gasteiger partial charge >= 0.3 is 0 Å². The quantitative estimate of drug-likeness (QED) is 0.489. The minimum atomic E-state index is -1.20. The van der Waals surface area contributed by atoms with Crippen LogP contribution in [-0.4, -0.2) is 45.7 Å². The molecule has 1 aromatic carbocycles. The Balaban J connectivity index is 2.39. The van der Waals surface area contributed by atoms with Crippen LogP contribution in [0.2, 0.25) is 0 Å². The Kier molecular flexibility index (Phi) is 3.67. The SMILES string of the molecule is Nc1c(NC(CO)(CO)CO)ccc2scnc12. The van der Waals surface area contributed by atoms with E-state index in [1.54, 1.807) is 11.6 Å². The average Bonchev–Trinajstić information content (AvgIpc) is 2.88. The van der Waals surface area contributed by atoms with Gasteiger partial charge in [0.2, 0.25) is 0 Å². The maximum absolute atomic E-state index is 9.27. The second-order valence-corrected chi connectivity index (χ2v) is 4.99. The van der Waals surface area contributed by atoms with Gasteiger partial charge in [0, 0.05) is 0 Å². The van der Waals surface area contributed by atoms with Gasteiger partial charge in [-0.1, -0.05) is 0 Å². The molecule has 6 N–H and O–H groups in total. The molecule has 0 atom stereocenters. The van der Waals surface area contributed by atoms with Crippen molar-refractivity contribution in [2.24, 2.45) is 0 Å². The smallest absolute Gasteiger partial charge is 0.107 e. The second kappa shape index (κ2) is 5.07. The van der Waals surface area contributed by atoms with E-state index in [1.165, 1.54) is 11.3 Å². The van der Waals surface area contributed by atoms with Gasteiger partial charge in [-0.25, -0.2) is 4.98 Å². The lowest BCUT2D eigenvalue weighted by molar-refractivity contribution is 0.0834. The lowest BCUT2D eigenvalue weighted by atomic mass is 10.0. The maximum atomic E-state index is 9.27. The van der Waals surface area contributed by atoms with Gasteiger partial charge in [0.15, 0.2) is 0 Å². The van der Waals surface area contributed by atoms with Gasteiger partial charge in [0.25, 0.3) is 0 Å². The number of nitrogens with zero attached hydrogens (tertiary/aromatic N) is 1. The van der Waals surface area contributed by atoms with Crippen molar-refractivity contribution in [3.63, 3.8) is 0 Å². The topological polar surface area (TPSA) is 112 Å². The first kappa shape index (κ1) is 13.0. The molecule has 6 nitrogen and oxygen atoms in total. The minimum Gasteiger partial charge on any atom is -0.395 e. The first-order valence-corrected chi connectivity index (χ1v) is 6.26. The Bertz CT molecular complexity index is 531. The lowest BCUT2D eigenvalue weighted by Gasteiger charge is -2.30. The van der Waals surface area contributed by atoms with Crippen molar-refractivity contribution in [3.8, 4) is 0 Å². The summed E-state index contributed by atoms with van der Waals surface area (Å²) in [6, 6.07) is 3.59. The summed E-state index contributed by atoms with van der Waals surface area (Å²) in [5.41, 5.74) is 8.12. The normalized spacial score (nSPS) is 11.9. The van der Waals surface area contributed by atoms with E-state index in [9.17, 15) is 15.3 Å². The van der Waals surface area contributed by atoms with Crippen LogP contribution in [-0.2, 0) is 0 Å². The molecule has 0 radical (unpaired) electrons. The highest BCUT2D eigenvalue weighted by atomic mass is 32.1. The van der Waals surface area contributed by atoms with Crippen molar-refractivity contribution >= 4 is 32.9 Å². The number of thiazole rings is 1. The van der Waals surface area contributed by atoms with Crippen LogP contribution in [0.15, 0.2) is 17.6 Å². The summed E-state index contributed by atoms with van der Waals surface area (Å²) in [5, 5.41) is 30.7. The third kappa shape index (κ3) is 2.13. The van der Waals surface area contributed by atoms with Crippen LogP contribution >= 0.6 is 11.3 Å². The Labute approximate surface area is 108 Å². The molecule has 0 aliphatic carbocycles. The molecule has 2 aromatic rings. The number of fused-ring (bicyclic) bond motifs is 1. The standard InChI is InChI=1S/C11H15N3O3S/c12-9-7(14-11(3-15,4-16)5-17)1-2-8-10(9)13-6-18-8/h1-2,6,14-17H,3-5,12H2. The number of benzene rings is 1. The summed E-state index contributed by atoms with van der Waals surface area (Å²) >= 11 is 1.48. The van der Waals surface area contributed by atoms with Crippen LogP contribution < -0.4 is 11.1 Å². The number of nitrogen functional groups attached to an aromatic ring is 1. The fourth-order valence-electron chi connectivity index (χ4n) is 1.62. The molecular formula is C11H15N3O3S. The van der Waals surface area contributed by atoms with E-state index in [2.05, 4.69) is 10.3 Å². The van der Waals surface area contributed by atoms with Crippen molar-refractivity contribution in [2.45, 2.75) is 5.54 Å². The van der Waals surface area contributed by atoms with E-state index in [0.717, 1.165) is 4.70 Å². The van der Waals surface area contributed by atoms with Crippen LogP contribution in [0.4, 0.5) is 11.4 Å². The van der Waals surface area contributed by atoms with Crippen LogP contribution in [0.3, 0.4) is 0 Å². The van der Waals surface area contributed by atoms with E-state index in [-0.39, 0.29) is 0 Å². The van der Waals surface area contributed by atoms with Gasteiger partial charge in [-0.05, 0) is 12.1 Å². The molecule has 0 unspecified atom stereocenters. The van der Waals surface area contributed by atoms with Crippen molar-refractivity contribution in [2.75, 3.05) is 30.9 Å². The van der Waals surface area contributed by atoms with Gasteiger partial charge in [-0.2, -0.15) is 0 Å². The van der Waals surface area contributed by atoms with Gasteiger partial charge in [-0.15, -0.1) is 11.3 Å². The molecule has 98 valence electrons. The van der Waals surface area contributed by atoms with E-state index >= 15 is 0 Å². The summed E-state index contributed by atoms with van der Waals surface area (Å²) in [5.74, 6) is 0. The van der Waals surface area contributed by atoms with Crippen LogP contribution in [0, 0.1) is 0 Å². The largest absolute Gasteiger partial charge is 0.395 e. The first-order chi connectivity index (χ1) is 8.65. The van der Waals surface area contributed by atoms with E-state index in [0.29, 0.717) is 16.9 Å². The van der Waals surface area contributed by atoms with Crippen molar-refractivity contribution in [1.82, 2.24) is 4.98 Å². The summed E-state index contributed by atoms with van der Waals surface area (Å²) in [7, 11) is 0. The molecule has 2 rings (SSSR count). The molecule has 0 bridgehead atoms. The molecule has 0 amide bonds. The van der Waals surface area contributed by atoms with Crippen LogP contribution in [0.1, 0.15) is 0 Å². The van der Waals surface area contributed by atoms with Crippen molar-refractivity contribution in [3.05, 3.63) is 17.6 Å². The van der Waals surface area contributed by atoms with E-state index < -0.39 is 25.4 Å². The maximum Gasteiger partial charge on any atom is 0.107 e. The summed E-state index contributed by atoms with van der Waals surface area (Å²) in [4.78, 5) is 4.15. The zero-order valence-corrected chi connectivity index (χ0v) is 10.4. The Morgan fingerprint density at radius 1 is 1.22 bits per heavy atom. The number of rotatable bonds is 5. The molecular weight excluding hydrogens is 254 g/mol. The Morgan fingerprint density at radius 2 is 1.89 bits per heavy atom. The Morgan fingerprint density at radius 3 is 2.50 bits per heavy atom. The number of hydrogen-bond acceptors (Lipinski definition) is 7. The molecule has 0 saturated carbocycles. The number of anilines is 2. The van der Waals surface area contributed by atoms with Crippen LogP contribution in [0.5, 0.6) is 0 Å². The highest BCUT2D eigenvalue weighted by molar-refractivity contribution is 7.16. The van der Waals surface area contributed by atoms with E-state index in [1.807, 2.05) is 6.07 Å². The fraction of sp³-hybridized carbons (Fsp3) is 0.364. The molecule has 0 aliphatic heterocycles. The predicted molar refractivity (Wildman–Crippen MR) is 71.6 cm³/mol. The zero-order valence-electron chi connectivity index (χ0n) is 9.63. The summed E-state index contributed by atoms with van der Waals surface area (Å²) < 4.78 is 0.959. The fourth-order valence-corrected chi connectivity index (χ4v) is 2.31. The molecule has 0 aliphatic rings.